The number of benzene rings is 1. The van der Waals surface area contributed by atoms with Crippen molar-refractivity contribution in [1.29, 1.82) is 0 Å². The van der Waals surface area contributed by atoms with Crippen LogP contribution in [0.5, 0.6) is 11.6 Å². The molecule has 0 bridgehead atoms. The van der Waals surface area contributed by atoms with Crippen molar-refractivity contribution >= 4 is 5.91 Å². The van der Waals surface area contributed by atoms with Crippen molar-refractivity contribution in [2.24, 2.45) is 0 Å². The summed E-state index contributed by atoms with van der Waals surface area (Å²) in [5.74, 6) is 0.506. The SMILES string of the molecule is COc1ccccc1C(=O)NC1CCC(Oc2ccc(C(F)(F)F)cn2)CC1. The van der Waals surface area contributed by atoms with Crippen molar-refractivity contribution in [3.8, 4) is 11.6 Å². The van der Waals surface area contributed by atoms with Crippen LogP contribution in [0.3, 0.4) is 0 Å². The van der Waals surface area contributed by atoms with Gasteiger partial charge in [-0.3, -0.25) is 4.79 Å². The second-order valence-electron chi connectivity index (χ2n) is 6.65. The van der Waals surface area contributed by atoms with E-state index in [-0.39, 0.29) is 23.9 Å². The van der Waals surface area contributed by atoms with Crippen LogP contribution in [-0.4, -0.2) is 30.1 Å². The highest BCUT2D eigenvalue weighted by molar-refractivity contribution is 5.97. The second-order valence-corrected chi connectivity index (χ2v) is 6.65. The molecule has 3 rings (SSSR count). The smallest absolute Gasteiger partial charge is 0.417 e. The zero-order chi connectivity index (χ0) is 20.1. The van der Waals surface area contributed by atoms with Crippen LogP contribution in [0.2, 0.25) is 0 Å². The molecule has 1 aromatic carbocycles. The number of alkyl halides is 3. The van der Waals surface area contributed by atoms with Crippen molar-refractivity contribution in [2.75, 3.05) is 7.11 Å². The summed E-state index contributed by atoms with van der Waals surface area (Å²) in [6.45, 7) is 0. The van der Waals surface area contributed by atoms with Crippen molar-refractivity contribution in [1.82, 2.24) is 10.3 Å². The van der Waals surface area contributed by atoms with E-state index < -0.39 is 11.7 Å². The van der Waals surface area contributed by atoms with E-state index in [9.17, 15) is 18.0 Å². The number of carbonyl (C=O) groups is 1. The van der Waals surface area contributed by atoms with Gasteiger partial charge < -0.3 is 14.8 Å². The molecule has 0 atom stereocenters. The summed E-state index contributed by atoms with van der Waals surface area (Å²) in [6, 6.07) is 9.22. The number of hydrogen-bond donors (Lipinski definition) is 1. The highest BCUT2D eigenvalue weighted by atomic mass is 19.4. The number of amides is 1. The van der Waals surface area contributed by atoms with Crippen molar-refractivity contribution in [2.45, 2.75) is 44.0 Å². The molecule has 150 valence electrons. The summed E-state index contributed by atoms with van der Waals surface area (Å²) in [5, 5.41) is 3.00. The Morgan fingerprint density at radius 2 is 1.82 bits per heavy atom. The maximum atomic E-state index is 12.6. The first-order valence-corrected chi connectivity index (χ1v) is 9.00. The van der Waals surface area contributed by atoms with Crippen LogP contribution in [0, 0.1) is 0 Å². The Labute approximate surface area is 160 Å². The van der Waals surface area contributed by atoms with Gasteiger partial charge >= 0.3 is 6.18 Å². The average molecular weight is 394 g/mol. The summed E-state index contributed by atoms with van der Waals surface area (Å²) in [5.41, 5.74) is -0.320. The van der Waals surface area contributed by atoms with Gasteiger partial charge in [-0.15, -0.1) is 0 Å². The first kappa shape index (κ1) is 20.0. The Kier molecular flexibility index (Phi) is 6.06. The summed E-state index contributed by atoms with van der Waals surface area (Å²) in [6.07, 6.45) is -0.988. The first-order chi connectivity index (χ1) is 13.4. The lowest BCUT2D eigenvalue weighted by Gasteiger charge is -2.29. The largest absolute Gasteiger partial charge is 0.496 e. The number of nitrogens with zero attached hydrogens (tertiary/aromatic N) is 1. The third kappa shape index (κ3) is 4.94. The minimum absolute atomic E-state index is 0.0119. The zero-order valence-electron chi connectivity index (χ0n) is 15.3. The van der Waals surface area contributed by atoms with E-state index in [1.807, 2.05) is 0 Å². The molecule has 1 aliphatic rings. The van der Waals surface area contributed by atoms with Crippen molar-refractivity contribution in [3.05, 3.63) is 53.7 Å². The predicted molar refractivity (Wildman–Crippen MR) is 96.4 cm³/mol. The minimum atomic E-state index is -4.41. The summed E-state index contributed by atoms with van der Waals surface area (Å²) in [7, 11) is 1.52. The minimum Gasteiger partial charge on any atom is -0.496 e. The molecule has 1 N–H and O–H groups in total. The van der Waals surface area contributed by atoms with Gasteiger partial charge in [0.1, 0.15) is 11.9 Å². The van der Waals surface area contributed by atoms with E-state index in [0.717, 1.165) is 12.3 Å². The van der Waals surface area contributed by atoms with Crippen LogP contribution < -0.4 is 14.8 Å². The number of rotatable bonds is 5. The van der Waals surface area contributed by atoms with Gasteiger partial charge in [-0.2, -0.15) is 13.2 Å². The van der Waals surface area contributed by atoms with Gasteiger partial charge in [-0.05, 0) is 43.9 Å². The lowest BCUT2D eigenvalue weighted by molar-refractivity contribution is -0.137. The molecule has 0 saturated heterocycles. The fraction of sp³-hybridized carbons (Fsp3) is 0.400. The van der Waals surface area contributed by atoms with Crippen molar-refractivity contribution in [3.63, 3.8) is 0 Å². The maximum Gasteiger partial charge on any atom is 0.417 e. The Morgan fingerprint density at radius 3 is 2.43 bits per heavy atom. The molecule has 1 aliphatic carbocycles. The molecule has 8 heteroatoms. The Bertz CT molecular complexity index is 801. The van der Waals surface area contributed by atoms with E-state index in [1.54, 1.807) is 24.3 Å². The molecule has 5 nitrogen and oxygen atoms in total. The first-order valence-electron chi connectivity index (χ1n) is 9.00. The van der Waals surface area contributed by atoms with Gasteiger partial charge in [0, 0.05) is 18.3 Å². The van der Waals surface area contributed by atoms with E-state index >= 15 is 0 Å². The molecule has 1 amide bonds. The lowest BCUT2D eigenvalue weighted by Crippen LogP contribution is -2.39. The monoisotopic (exact) mass is 394 g/mol. The van der Waals surface area contributed by atoms with Gasteiger partial charge in [-0.25, -0.2) is 4.98 Å². The fourth-order valence-corrected chi connectivity index (χ4v) is 3.21. The second kappa shape index (κ2) is 8.50. The molecule has 0 spiro atoms. The molecular formula is C20H21F3N2O3. The number of pyridine rings is 1. The average Bonchev–Trinajstić information content (AvgIpc) is 2.69. The molecule has 0 unspecified atom stereocenters. The Morgan fingerprint density at radius 1 is 1.11 bits per heavy atom. The van der Waals surface area contributed by atoms with Gasteiger partial charge in [-0.1, -0.05) is 12.1 Å². The molecule has 1 aromatic heterocycles. The topological polar surface area (TPSA) is 60.5 Å². The van der Waals surface area contributed by atoms with E-state index in [1.165, 1.54) is 13.2 Å². The Hall–Kier alpha value is -2.77. The van der Waals surface area contributed by atoms with E-state index in [2.05, 4.69) is 10.3 Å². The maximum absolute atomic E-state index is 12.6. The number of carbonyl (C=O) groups excluding carboxylic acids is 1. The molecule has 1 saturated carbocycles. The standard InChI is InChI=1S/C20H21F3N2O3/c1-27-17-5-3-2-4-16(17)19(26)25-14-7-9-15(10-8-14)28-18-11-6-13(12-24-18)20(21,22)23/h2-6,11-12,14-15H,7-10H2,1H3,(H,25,26). The van der Waals surface area contributed by atoms with E-state index in [4.69, 9.17) is 9.47 Å². The quantitative estimate of drug-likeness (QED) is 0.825. The Balaban J connectivity index is 1.50. The number of methoxy groups -OCH3 is 1. The van der Waals surface area contributed by atoms with Gasteiger partial charge in [0.05, 0.1) is 18.2 Å². The number of halogens is 3. The van der Waals surface area contributed by atoms with Gasteiger partial charge in [0.25, 0.3) is 5.91 Å². The number of hydrogen-bond acceptors (Lipinski definition) is 4. The van der Waals surface area contributed by atoms with Crippen LogP contribution in [0.1, 0.15) is 41.6 Å². The van der Waals surface area contributed by atoms with Crippen LogP contribution in [0.4, 0.5) is 13.2 Å². The fourth-order valence-electron chi connectivity index (χ4n) is 3.21. The van der Waals surface area contributed by atoms with Gasteiger partial charge in [0.15, 0.2) is 0 Å². The molecule has 1 heterocycles. The molecular weight excluding hydrogens is 373 g/mol. The summed E-state index contributed by atoms with van der Waals surface area (Å²) < 4.78 is 48.6. The molecule has 0 aliphatic heterocycles. The van der Waals surface area contributed by atoms with E-state index in [0.29, 0.717) is 37.0 Å². The highest BCUT2D eigenvalue weighted by Crippen LogP contribution is 2.30. The number of ether oxygens (including phenoxy) is 2. The molecule has 28 heavy (non-hydrogen) atoms. The lowest BCUT2D eigenvalue weighted by atomic mass is 9.92. The highest BCUT2D eigenvalue weighted by Gasteiger charge is 2.31. The van der Waals surface area contributed by atoms with Gasteiger partial charge in [0.2, 0.25) is 5.88 Å². The van der Waals surface area contributed by atoms with Crippen molar-refractivity contribution < 1.29 is 27.4 Å². The normalized spacial score (nSPS) is 19.7. The van der Waals surface area contributed by atoms with Crippen LogP contribution in [0.25, 0.3) is 0 Å². The van der Waals surface area contributed by atoms with Crippen LogP contribution in [-0.2, 0) is 6.18 Å². The third-order valence-electron chi connectivity index (χ3n) is 4.71. The molecule has 1 fully saturated rings. The van der Waals surface area contributed by atoms with Crippen LogP contribution >= 0.6 is 0 Å². The predicted octanol–water partition coefficient (Wildman–Crippen LogP) is 4.23. The zero-order valence-corrected chi connectivity index (χ0v) is 15.3. The number of nitrogens with one attached hydrogen (secondary N) is 1. The molecule has 2 aromatic rings. The summed E-state index contributed by atoms with van der Waals surface area (Å²) >= 11 is 0. The molecule has 0 radical (unpaired) electrons. The summed E-state index contributed by atoms with van der Waals surface area (Å²) in [4.78, 5) is 16.2. The van der Waals surface area contributed by atoms with Crippen LogP contribution in [0.15, 0.2) is 42.6 Å². The third-order valence-corrected chi connectivity index (χ3v) is 4.71. The number of para-hydroxylation sites is 1. The number of aromatic nitrogens is 1.